The number of aromatic nitrogens is 1. The minimum Gasteiger partial charge on any atom is -0.376 e. The number of anilines is 1. The first-order valence-electron chi connectivity index (χ1n) is 7.58. The number of carbonyl (C=O) groups excluding carboxylic acids is 1. The van der Waals surface area contributed by atoms with E-state index in [-0.39, 0.29) is 24.0 Å². The lowest BCUT2D eigenvalue weighted by Gasteiger charge is -2.24. The first-order valence-corrected chi connectivity index (χ1v) is 7.58. The first kappa shape index (κ1) is 15.4. The molecule has 1 fully saturated rings. The summed E-state index contributed by atoms with van der Waals surface area (Å²) in [5.74, 6) is 0.160. The van der Waals surface area contributed by atoms with Gasteiger partial charge in [-0.3, -0.25) is 5.32 Å². The zero-order chi connectivity index (χ0) is 16.1. The Kier molecular flexibility index (Phi) is 4.83. The lowest BCUT2D eigenvalue weighted by atomic mass is 9.99. The summed E-state index contributed by atoms with van der Waals surface area (Å²) in [7, 11) is 0. The minimum absolute atomic E-state index is 0.116. The van der Waals surface area contributed by atoms with Gasteiger partial charge < -0.3 is 10.1 Å². The van der Waals surface area contributed by atoms with Gasteiger partial charge in [0.1, 0.15) is 11.6 Å². The Morgan fingerprint density at radius 2 is 2.09 bits per heavy atom. The number of rotatable bonds is 4. The summed E-state index contributed by atoms with van der Waals surface area (Å²) in [6.45, 7) is 0.673. The van der Waals surface area contributed by atoms with Gasteiger partial charge in [0.2, 0.25) is 0 Å². The summed E-state index contributed by atoms with van der Waals surface area (Å²) in [6, 6.07) is 10.7. The van der Waals surface area contributed by atoms with Gasteiger partial charge in [0, 0.05) is 12.8 Å². The highest BCUT2D eigenvalue weighted by molar-refractivity contribution is 5.88. The van der Waals surface area contributed by atoms with Crippen molar-refractivity contribution in [3.63, 3.8) is 0 Å². The van der Waals surface area contributed by atoms with Crippen LogP contribution in [0.15, 0.2) is 48.7 Å². The standard InChI is InChI=1S/C17H18FN3O2/c18-13-8-6-12(7-9-13)16(14-4-3-11-23-14)21-17(22)20-15-5-1-2-10-19-15/h1-2,5-10,14,16H,3-4,11H2,(H2,19,20,21,22). The van der Waals surface area contributed by atoms with Crippen LogP contribution in [0.1, 0.15) is 24.4 Å². The largest absolute Gasteiger partial charge is 0.376 e. The number of halogens is 1. The number of hydrogen-bond acceptors (Lipinski definition) is 3. The number of pyridine rings is 1. The molecular formula is C17H18FN3O2. The van der Waals surface area contributed by atoms with Crippen LogP contribution < -0.4 is 10.6 Å². The van der Waals surface area contributed by atoms with E-state index in [1.165, 1.54) is 12.1 Å². The Balaban J connectivity index is 1.73. The maximum atomic E-state index is 13.1. The van der Waals surface area contributed by atoms with E-state index >= 15 is 0 Å². The fraction of sp³-hybridized carbons (Fsp3) is 0.294. The van der Waals surface area contributed by atoms with Gasteiger partial charge in [-0.25, -0.2) is 14.2 Å². The molecule has 1 aromatic heterocycles. The average Bonchev–Trinajstić information content (AvgIpc) is 3.09. The van der Waals surface area contributed by atoms with E-state index in [0.29, 0.717) is 12.4 Å². The smallest absolute Gasteiger partial charge is 0.320 e. The highest BCUT2D eigenvalue weighted by Crippen LogP contribution is 2.27. The molecule has 1 aliphatic heterocycles. The molecule has 1 aliphatic rings. The maximum Gasteiger partial charge on any atom is 0.320 e. The van der Waals surface area contributed by atoms with Crippen LogP contribution in [-0.2, 0) is 4.74 Å². The number of nitrogens with one attached hydrogen (secondary N) is 2. The lowest BCUT2D eigenvalue weighted by Crippen LogP contribution is -2.38. The monoisotopic (exact) mass is 315 g/mol. The molecule has 5 nitrogen and oxygen atoms in total. The molecule has 3 rings (SSSR count). The van der Waals surface area contributed by atoms with Crippen LogP contribution in [0.3, 0.4) is 0 Å². The molecule has 2 unspecified atom stereocenters. The molecule has 6 heteroatoms. The van der Waals surface area contributed by atoms with E-state index in [4.69, 9.17) is 4.74 Å². The van der Waals surface area contributed by atoms with Gasteiger partial charge >= 0.3 is 6.03 Å². The number of benzene rings is 1. The first-order chi connectivity index (χ1) is 11.2. The van der Waals surface area contributed by atoms with Crippen LogP contribution >= 0.6 is 0 Å². The number of ether oxygens (including phenoxy) is 1. The van der Waals surface area contributed by atoms with Crippen molar-refractivity contribution in [1.29, 1.82) is 0 Å². The molecule has 1 aromatic carbocycles. The van der Waals surface area contributed by atoms with Gasteiger partial charge in [-0.05, 0) is 42.7 Å². The summed E-state index contributed by atoms with van der Waals surface area (Å²) in [5.41, 5.74) is 0.814. The molecule has 1 saturated heterocycles. The Bertz CT molecular complexity index is 643. The Labute approximate surface area is 133 Å². The summed E-state index contributed by atoms with van der Waals surface area (Å²) >= 11 is 0. The molecule has 0 aliphatic carbocycles. The van der Waals surface area contributed by atoms with Crippen molar-refractivity contribution in [3.05, 3.63) is 60.0 Å². The van der Waals surface area contributed by atoms with Gasteiger partial charge in [0.25, 0.3) is 0 Å². The van der Waals surface area contributed by atoms with Crippen molar-refractivity contribution in [1.82, 2.24) is 10.3 Å². The van der Waals surface area contributed by atoms with Crippen molar-refractivity contribution >= 4 is 11.8 Å². The highest BCUT2D eigenvalue weighted by Gasteiger charge is 2.28. The molecule has 0 spiro atoms. The summed E-state index contributed by atoms with van der Waals surface area (Å²) in [5, 5.41) is 5.59. The van der Waals surface area contributed by atoms with E-state index in [9.17, 15) is 9.18 Å². The number of hydrogen-bond donors (Lipinski definition) is 2. The van der Waals surface area contributed by atoms with Gasteiger partial charge in [0.15, 0.2) is 0 Å². The summed E-state index contributed by atoms with van der Waals surface area (Å²) < 4.78 is 18.8. The van der Waals surface area contributed by atoms with E-state index < -0.39 is 0 Å². The Morgan fingerprint density at radius 1 is 1.26 bits per heavy atom. The number of nitrogens with zero attached hydrogens (tertiary/aromatic N) is 1. The Hall–Kier alpha value is -2.47. The van der Waals surface area contributed by atoms with Gasteiger partial charge in [-0.15, -0.1) is 0 Å². The van der Waals surface area contributed by atoms with Crippen LogP contribution in [0.25, 0.3) is 0 Å². The van der Waals surface area contributed by atoms with E-state index in [0.717, 1.165) is 18.4 Å². The second-order valence-electron chi connectivity index (χ2n) is 5.39. The normalized spacial score (nSPS) is 18.4. The topological polar surface area (TPSA) is 63.2 Å². The minimum atomic E-state index is -0.367. The van der Waals surface area contributed by atoms with Crippen LogP contribution in [0.4, 0.5) is 15.0 Å². The second-order valence-corrected chi connectivity index (χ2v) is 5.39. The molecule has 23 heavy (non-hydrogen) atoms. The quantitative estimate of drug-likeness (QED) is 0.910. The molecule has 2 atom stereocenters. The molecule has 120 valence electrons. The van der Waals surface area contributed by atoms with Crippen LogP contribution in [0.5, 0.6) is 0 Å². The third-order valence-electron chi connectivity index (χ3n) is 3.76. The maximum absolute atomic E-state index is 13.1. The van der Waals surface area contributed by atoms with Crippen LogP contribution in [-0.4, -0.2) is 23.7 Å². The molecular weight excluding hydrogens is 297 g/mol. The number of carbonyl (C=O) groups is 1. The SMILES string of the molecule is O=C(Nc1ccccn1)NC(c1ccc(F)cc1)C1CCCO1. The van der Waals surface area contributed by atoms with Crippen molar-refractivity contribution in [2.24, 2.45) is 0 Å². The molecule has 2 N–H and O–H groups in total. The van der Waals surface area contributed by atoms with Gasteiger partial charge in [0.05, 0.1) is 12.1 Å². The van der Waals surface area contributed by atoms with Crippen LogP contribution in [0.2, 0.25) is 0 Å². The van der Waals surface area contributed by atoms with E-state index in [2.05, 4.69) is 15.6 Å². The fourth-order valence-corrected chi connectivity index (χ4v) is 2.66. The molecule has 0 bridgehead atoms. The average molecular weight is 315 g/mol. The molecule has 2 aromatic rings. The second kappa shape index (κ2) is 7.19. The zero-order valence-corrected chi connectivity index (χ0v) is 12.5. The molecule has 0 radical (unpaired) electrons. The molecule has 2 heterocycles. The zero-order valence-electron chi connectivity index (χ0n) is 12.5. The van der Waals surface area contributed by atoms with E-state index in [1.807, 2.05) is 0 Å². The third kappa shape index (κ3) is 4.04. The van der Waals surface area contributed by atoms with E-state index in [1.54, 1.807) is 36.5 Å². The third-order valence-corrected chi connectivity index (χ3v) is 3.76. The van der Waals surface area contributed by atoms with Crippen LogP contribution in [0, 0.1) is 5.82 Å². The number of urea groups is 1. The van der Waals surface area contributed by atoms with Crippen molar-refractivity contribution in [2.45, 2.75) is 25.0 Å². The van der Waals surface area contributed by atoms with Crippen molar-refractivity contribution in [2.75, 3.05) is 11.9 Å². The van der Waals surface area contributed by atoms with Crippen molar-refractivity contribution < 1.29 is 13.9 Å². The fourth-order valence-electron chi connectivity index (χ4n) is 2.66. The lowest BCUT2D eigenvalue weighted by molar-refractivity contribution is 0.0815. The van der Waals surface area contributed by atoms with Gasteiger partial charge in [-0.1, -0.05) is 18.2 Å². The highest BCUT2D eigenvalue weighted by atomic mass is 19.1. The number of amides is 2. The molecule has 0 saturated carbocycles. The molecule has 2 amide bonds. The van der Waals surface area contributed by atoms with Crippen molar-refractivity contribution in [3.8, 4) is 0 Å². The predicted molar refractivity (Wildman–Crippen MR) is 84.5 cm³/mol. The summed E-state index contributed by atoms with van der Waals surface area (Å²) in [6.07, 6.45) is 3.29. The Morgan fingerprint density at radius 3 is 2.74 bits per heavy atom. The van der Waals surface area contributed by atoms with Gasteiger partial charge in [-0.2, -0.15) is 0 Å². The summed E-state index contributed by atoms with van der Waals surface area (Å²) in [4.78, 5) is 16.3. The predicted octanol–water partition coefficient (Wildman–Crippen LogP) is 3.26.